The number of benzene rings is 1. The molecule has 1 N–H and O–H groups in total. The highest BCUT2D eigenvalue weighted by molar-refractivity contribution is 7.89. The van der Waals surface area contributed by atoms with Crippen molar-refractivity contribution in [1.82, 2.24) is 14.7 Å². The first-order valence-electron chi connectivity index (χ1n) is 8.76. The fourth-order valence-corrected chi connectivity index (χ4v) is 4.40. The van der Waals surface area contributed by atoms with Crippen LogP contribution in [0.5, 0.6) is 0 Å². The average molecular weight is 386 g/mol. The molecule has 1 aliphatic rings. The summed E-state index contributed by atoms with van der Waals surface area (Å²) in [7, 11) is -3.52. The zero-order chi connectivity index (χ0) is 19.3. The van der Waals surface area contributed by atoms with E-state index in [4.69, 9.17) is 0 Å². The summed E-state index contributed by atoms with van der Waals surface area (Å²) in [4.78, 5) is 16.5. The number of amides is 1. The lowest BCUT2D eigenvalue weighted by molar-refractivity contribution is -0.126. The highest BCUT2D eigenvalue weighted by atomic mass is 32.2. The van der Waals surface area contributed by atoms with Crippen LogP contribution in [0.2, 0.25) is 0 Å². The standard InChI is InChI=1S/C19H22N4O3S/c1-15-4-6-18(7-5-15)27(25,26)23-11-8-17(9-12-23)19(24)22-21-14-16-3-2-10-20-13-16/h2-7,10,13-14,17H,8-9,11-12H2,1H3,(H,22,24)/b21-14-. The average Bonchev–Trinajstić information content (AvgIpc) is 2.69. The fraction of sp³-hybridized carbons (Fsp3) is 0.316. The van der Waals surface area contributed by atoms with Crippen LogP contribution in [0.1, 0.15) is 24.0 Å². The van der Waals surface area contributed by atoms with Crippen molar-refractivity contribution >= 4 is 22.1 Å². The van der Waals surface area contributed by atoms with E-state index in [0.29, 0.717) is 25.9 Å². The molecule has 0 saturated carbocycles. The topological polar surface area (TPSA) is 91.7 Å². The molecule has 0 bridgehead atoms. The summed E-state index contributed by atoms with van der Waals surface area (Å²) < 4.78 is 26.8. The molecule has 1 amide bonds. The van der Waals surface area contributed by atoms with Gasteiger partial charge in [0.2, 0.25) is 15.9 Å². The molecule has 142 valence electrons. The predicted octanol–water partition coefficient (Wildman–Crippen LogP) is 1.94. The van der Waals surface area contributed by atoms with Crippen LogP contribution in [-0.4, -0.2) is 42.9 Å². The Morgan fingerprint density at radius 3 is 2.56 bits per heavy atom. The van der Waals surface area contributed by atoms with Gasteiger partial charge in [-0.2, -0.15) is 9.41 Å². The lowest BCUT2D eigenvalue weighted by Gasteiger charge is -2.30. The van der Waals surface area contributed by atoms with Gasteiger partial charge in [0.25, 0.3) is 0 Å². The maximum atomic E-state index is 12.7. The molecule has 2 heterocycles. The molecular weight excluding hydrogens is 364 g/mol. The first kappa shape index (κ1) is 19.2. The minimum atomic E-state index is -3.52. The molecule has 3 rings (SSSR count). The smallest absolute Gasteiger partial charge is 0.243 e. The SMILES string of the molecule is Cc1ccc(S(=O)(=O)N2CCC(C(=O)N/N=C\c3cccnc3)CC2)cc1. The molecule has 27 heavy (non-hydrogen) atoms. The number of pyridine rings is 1. The van der Waals surface area contributed by atoms with E-state index in [1.807, 2.05) is 13.0 Å². The zero-order valence-electron chi connectivity index (χ0n) is 15.1. The molecule has 8 heteroatoms. The van der Waals surface area contributed by atoms with E-state index in [-0.39, 0.29) is 16.7 Å². The molecule has 1 aromatic carbocycles. The number of piperidine rings is 1. The second-order valence-corrected chi connectivity index (χ2v) is 8.45. The molecule has 0 unspecified atom stereocenters. The monoisotopic (exact) mass is 386 g/mol. The second-order valence-electron chi connectivity index (χ2n) is 6.51. The predicted molar refractivity (Wildman–Crippen MR) is 103 cm³/mol. The molecule has 0 aliphatic carbocycles. The van der Waals surface area contributed by atoms with Gasteiger partial charge in [0.1, 0.15) is 0 Å². The third-order valence-electron chi connectivity index (χ3n) is 4.56. The largest absolute Gasteiger partial charge is 0.273 e. The summed E-state index contributed by atoms with van der Waals surface area (Å²) in [6.45, 7) is 2.55. The summed E-state index contributed by atoms with van der Waals surface area (Å²) in [5.41, 5.74) is 4.33. The van der Waals surface area contributed by atoms with Gasteiger partial charge < -0.3 is 0 Å². The van der Waals surface area contributed by atoms with Crippen molar-refractivity contribution in [3.05, 3.63) is 59.9 Å². The normalized spacial score (nSPS) is 16.5. The Labute approximate surface area is 159 Å². The summed E-state index contributed by atoms with van der Waals surface area (Å²) >= 11 is 0. The highest BCUT2D eigenvalue weighted by Gasteiger charge is 2.31. The molecule has 0 spiro atoms. The second kappa shape index (κ2) is 8.41. The quantitative estimate of drug-likeness (QED) is 0.628. The lowest BCUT2D eigenvalue weighted by atomic mass is 9.98. The fourth-order valence-electron chi connectivity index (χ4n) is 2.93. The van der Waals surface area contributed by atoms with Crippen LogP contribution in [0.4, 0.5) is 0 Å². The van der Waals surface area contributed by atoms with E-state index < -0.39 is 10.0 Å². The Morgan fingerprint density at radius 2 is 1.93 bits per heavy atom. The van der Waals surface area contributed by atoms with Crippen molar-refractivity contribution in [3.63, 3.8) is 0 Å². The minimum Gasteiger partial charge on any atom is -0.273 e. The zero-order valence-corrected chi connectivity index (χ0v) is 15.9. The molecular formula is C19H22N4O3S. The number of aryl methyl sites for hydroxylation is 1. The Balaban J connectivity index is 1.54. The van der Waals surface area contributed by atoms with E-state index in [1.165, 1.54) is 10.5 Å². The van der Waals surface area contributed by atoms with Gasteiger partial charge in [-0.1, -0.05) is 23.8 Å². The van der Waals surface area contributed by atoms with Gasteiger partial charge in [-0.3, -0.25) is 9.78 Å². The minimum absolute atomic E-state index is 0.192. The third-order valence-corrected chi connectivity index (χ3v) is 6.47. The first-order chi connectivity index (χ1) is 13.0. The Morgan fingerprint density at radius 1 is 1.22 bits per heavy atom. The van der Waals surface area contributed by atoms with Gasteiger partial charge in [0, 0.05) is 37.0 Å². The molecule has 0 atom stereocenters. The van der Waals surface area contributed by atoms with Gasteiger partial charge in [-0.15, -0.1) is 0 Å². The lowest BCUT2D eigenvalue weighted by Crippen LogP contribution is -2.42. The first-order valence-corrected chi connectivity index (χ1v) is 10.2. The van der Waals surface area contributed by atoms with Crippen molar-refractivity contribution in [2.24, 2.45) is 11.0 Å². The van der Waals surface area contributed by atoms with Crippen LogP contribution in [0, 0.1) is 12.8 Å². The van der Waals surface area contributed by atoms with Gasteiger partial charge in [0.05, 0.1) is 11.1 Å². The van der Waals surface area contributed by atoms with Gasteiger partial charge in [0.15, 0.2) is 0 Å². The van der Waals surface area contributed by atoms with Crippen molar-refractivity contribution < 1.29 is 13.2 Å². The number of carbonyl (C=O) groups excluding carboxylic acids is 1. The van der Waals surface area contributed by atoms with Crippen LogP contribution in [-0.2, 0) is 14.8 Å². The number of hydrogen-bond donors (Lipinski definition) is 1. The Hall–Kier alpha value is -2.58. The highest BCUT2D eigenvalue weighted by Crippen LogP contribution is 2.24. The summed E-state index contributed by atoms with van der Waals surface area (Å²) in [5.74, 6) is -0.442. The number of nitrogens with zero attached hydrogens (tertiary/aromatic N) is 3. The van der Waals surface area contributed by atoms with E-state index in [1.54, 1.807) is 42.7 Å². The van der Waals surface area contributed by atoms with Crippen LogP contribution in [0.15, 0.2) is 58.8 Å². The van der Waals surface area contributed by atoms with Crippen molar-refractivity contribution in [2.45, 2.75) is 24.7 Å². The van der Waals surface area contributed by atoms with E-state index in [0.717, 1.165) is 11.1 Å². The van der Waals surface area contributed by atoms with Crippen molar-refractivity contribution in [1.29, 1.82) is 0 Å². The van der Waals surface area contributed by atoms with E-state index in [9.17, 15) is 13.2 Å². The van der Waals surface area contributed by atoms with Crippen LogP contribution in [0.3, 0.4) is 0 Å². The van der Waals surface area contributed by atoms with Crippen LogP contribution < -0.4 is 5.43 Å². The van der Waals surface area contributed by atoms with Gasteiger partial charge in [-0.05, 0) is 38.0 Å². The third kappa shape index (κ3) is 4.78. The number of rotatable bonds is 5. The Kier molecular flexibility index (Phi) is 5.98. The molecule has 7 nitrogen and oxygen atoms in total. The summed E-state index contributed by atoms with van der Waals surface area (Å²) in [6, 6.07) is 10.4. The maximum Gasteiger partial charge on any atom is 0.243 e. The number of aromatic nitrogens is 1. The van der Waals surface area contributed by atoms with Gasteiger partial charge >= 0.3 is 0 Å². The molecule has 1 aliphatic heterocycles. The maximum absolute atomic E-state index is 12.7. The Bertz CT molecular complexity index is 904. The van der Waals surface area contributed by atoms with Crippen molar-refractivity contribution in [3.8, 4) is 0 Å². The molecule has 1 fully saturated rings. The molecule has 2 aromatic rings. The van der Waals surface area contributed by atoms with Crippen LogP contribution >= 0.6 is 0 Å². The van der Waals surface area contributed by atoms with Crippen LogP contribution in [0.25, 0.3) is 0 Å². The van der Waals surface area contributed by atoms with E-state index >= 15 is 0 Å². The molecule has 1 saturated heterocycles. The molecule has 0 radical (unpaired) electrons. The van der Waals surface area contributed by atoms with Crippen molar-refractivity contribution in [2.75, 3.05) is 13.1 Å². The number of hydrogen-bond acceptors (Lipinski definition) is 5. The number of carbonyl (C=O) groups is 1. The van der Waals surface area contributed by atoms with E-state index in [2.05, 4.69) is 15.5 Å². The summed E-state index contributed by atoms with van der Waals surface area (Å²) in [6.07, 6.45) is 5.78. The van der Waals surface area contributed by atoms with Gasteiger partial charge in [-0.25, -0.2) is 13.8 Å². The summed E-state index contributed by atoms with van der Waals surface area (Å²) in [5, 5.41) is 3.94. The molecule has 1 aromatic heterocycles. The number of hydrazone groups is 1. The number of nitrogens with one attached hydrogen (secondary N) is 1. The number of sulfonamides is 1.